The number of benzene rings is 1. The molecular weight excluding hydrogens is 266 g/mol. The third-order valence-corrected chi connectivity index (χ3v) is 3.25. The lowest BCUT2D eigenvalue weighted by Gasteiger charge is -2.28. The third kappa shape index (κ3) is 4.08. The van der Waals surface area contributed by atoms with Gasteiger partial charge in [0.2, 0.25) is 0 Å². The average molecular weight is 289 g/mol. The van der Waals surface area contributed by atoms with Crippen LogP contribution in [0.1, 0.15) is 50.4 Å². The molecule has 1 aliphatic heterocycles. The van der Waals surface area contributed by atoms with Crippen molar-refractivity contribution in [2.45, 2.75) is 45.9 Å². The number of fused-ring (bicyclic) bond motifs is 1. The van der Waals surface area contributed by atoms with Crippen molar-refractivity contribution in [3.05, 3.63) is 41.5 Å². The first kappa shape index (κ1) is 15.6. The maximum Gasteiger partial charge on any atom is 0.408 e. The molecule has 0 aliphatic carbocycles. The van der Waals surface area contributed by atoms with Gasteiger partial charge in [-0.05, 0) is 50.5 Å². The molecule has 0 spiro atoms. The van der Waals surface area contributed by atoms with Crippen LogP contribution in [0.25, 0.3) is 5.57 Å². The SMILES string of the molecule is C=C(C)c1ccc2c(c1)C(NC(=O)OC(C)(C)C)COC2. The third-order valence-electron chi connectivity index (χ3n) is 3.25. The first-order chi connectivity index (χ1) is 9.76. The van der Waals surface area contributed by atoms with E-state index in [0.717, 1.165) is 22.3 Å². The van der Waals surface area contributed by atoms with E-state index in [1.165, 1.54) is 0 Å². The number of carbonyl (C=O) groups is 1. The zero-order valence-corrected chi connectivity index (χ0v) is 13.2. The van der Waals surface area contributed by atoms with Gasteiger partial charge < -0.3 is 14.8 Å². The van der Waals surface area contributed by atoms with Gasteiger partial charge in [0.1, 0.15) is 5.60 Å². The molecule has 1 aromatic rings. The van der Waals surface area contributed by atoms with Crippen LogP contribution in [0.3, 0.4) is 0 Å². The number of ether oxygens (including phenoxy) is 2. The summed E-state index contributed by atoms with van der Waals surface area (Å²) >= 11 is 0. The van der Waals surface area contributed by atoms with Gasteiger partial charge >= 0.3 is 6.09 Å². The van der Waals surface area contributed by atoms with Crippen LogP contribution < -0.4 is 5.32 Å². The Morgan fingerprint density at radius 3 is 2.76 bits per heavy atom. The van der Waals surface area contributed by atoms with Crippen LogP contribution >= 0.6 is 0 Å². The smallest absolute Gasteiger partial charge is 0.408 e. The number of allylic oxidation sites excluding steroid dienone is 1. The molecule has 1 heterocycles. The minimum absolute atomic E-state index is 0.192. The number of hydrogen-bond donors (Lipinski definition) is 1. The van der Waals surface area contributed by atoms with Crippen LogP contribution in [0.4, 0.5) is 4.79 Å². The highest BCUT2D eigenvalue weighted by Crippen LogP contribution is 2.28. The van der Waals surface area contributed by atoms with Gasteiger partial charge in [-0.15, -0.1) is 0 Å². The summed E-state index contributed by atoms with van der Waals surface area (Å²) in [5.74, 6) is 0. The molecule has 1 atom stereocenters. The Hall–Kier alpha value is -1.81. The van der Waals surface area contributed by atoms with E-state index in [-0.39, 0.29) is 6.04 Å². The monoisotopic (exact) mass is 289 g/mol. The molecule has 1 amide bonds. The first-order valence-electron chi connectivity index (χ1n) is 7.12. The van der Waals surface area contributed by atoms with Gasteiger partial charge in [-0.2, -0.15) is 0 Å². The summed E-state index contributed by atoms with van der Waals surface area (Å²) in [6.07, 6.45) is -0.426. The van der Waals surface area contributed by atoms with Crippen molar-refractivity contribution in [2.75, 3.05) is 6.61 Å². The van der Waals surface area contributed by atoms with E-state index >= 15 is 0 Å². The first-order valence-corrected chi connectivity index (χ1v) is 7.12. The minimum Gasteiger partial charge on any atom is -0.444 e. The molecule has 1 aliphatic rings. The van der Waals surface area contributed by atoms with Gasteiger partial charge in [0.25, 0.3) is 0 Å². The Labute approximate surface area is 126 Å². The number of amides is 1. The summed E-state index contributed by atoms with van der Waals surface area (Å²) < 4.78 is 10.9. The van der Waals surface area contributed by atoms with Crippen LogP contribution in [0.15, 0.2) is 24.8 Å². The Kier molecular flexibility index (Phi) is 4.37. The van der Waals surface area contributed by atoms with E-state index < -0.39 is 11.7 Å². The lowest BCUT2D eigenvalue weighted by atomic mass is 9.94. The fourth-order valence-corrected chi connectivity index (χ4v) is 2.26. The summed E-state index contributed by atoms with van der Waals surface area (Å²) in [6.45, 7) is 12.5. The van der Waals surface area contributed by atoms with Crippen molar-refractivity contribution >= 4 is 11.7 Å². The maximum atomic E-state index is 11.9. The summed E-state index contributed by atoms with van der Waals surface area (Å²) in [6, 6.07) is 5.94. The van der Waals surface area contributed by atoms with E-state index in [4.69, 9.17) is 9.47 Å². The van der Waals surface area contributed by atoms with Crippen LogP contribution in [0, 0.1) is 0 Å². The molecule has 1 aromatic carbocycles. The van der Waals surface area contributed by atoms with Gasteiger partial charge in [-0.3, -0.25) is 0 Å². The molecule has 0 saturated carbocycles. The lowest BCUT2D eigenvalue weighted by molar-refractivity contribution is 0.0390. The van der Waals surface area contributed by atoms with Crippen molar-refractivity contribution in [2.24, 2.45) is 0 Å². The molecule has 2 rings (SSSR count). The fourth-order valence-electron chi connectivity index (χ4n) is 2.26. The van der Waals surface area contributed by atoms with Crippen LogP contribution in [-0.2, 0) is 16.1 Å². The van der Waals surface area contributed by atoms with E-state index in [1.807, 2.05) is 39.8 Å². The molecule has 1 N–H and O–H groups in total. The van der Waals surface area contributed by atoms with E-state index in [1.54, 1.807) is 0 Å². The minimum atomic E-state index is -0.512. The van der Waals surface area contributed by atoms with Gasteiger partial charge in [-0.1, -0.05) is 24.3 Å². The maximum absolute atomic E-state index is 11.9. The molecule has 21 heavy (non-hydrogen) atoms. The zero-order valence-electron chi connectivity index (χ0n) is 13.2. The van der Waals surface area contributed by atoms with Crippen molar-refractivity contribution in [1.29, 1.82) is 0 Å². The Bertz CT molecular complexity index is 558. The Morgan fingerprint density at radius 2 is 2.14 bits per heavy atom. The van der Waals surface area contributed by atoms with Gasteiger partial charge in [0.05, 0.1) is 19.3 Å². The summed E-state index contributed by atoms with van der Waals surface area (Å²) in [7, 11) is 0. The molecular formula is C17H23NO3. The number of hydrogen-bond acceptors (Lipinski definition) is 3. The average Bonchev–Trinajstić information content (AvgIpc) is 2.36. The highest BCUT2D eigenvalue weighted by atomic mass is 16.6. The molecule has 4 nitrogen and oxygen atoms in total. The highest BCUT2D eigenvalue weighted by molar-refractivity contribution is 5.69. The van der Waals surface area contributed by atoms with Crippen molar-refractivity contribution in [1.82, 2.24) is 5.32 Å². The molecule has 0 bridgehead atoms. The Morgan fingerprint density at radius 1 is 1.43 bits per heavy atom. The molecule has 1 unspecified atom stereocenters. The standard InChI is InChI=1S/C17H23NO3/c1-11(2)12-6-7-13-9-20-10-15(14(13)8-12)18-16(19)21-17(3,4)5/h6-8,15H,1,9-10H2,2-5H3,(H,18,19). The van der Waals surface area contributed by atoms with Crippen LogP contribution in [-0.4, -0.2) is 18.3 Å². The molecule has 0 radical (unpaired) electrons. The Balaban J connectivity index is 2.19. The second-order valence-corrected chi connectivity index (χ2v) is 6.41. The molecule has 114 valence electrons. The van der Waals surface area contributed by atoms with Crippen LogP contribution in [0.5, 0.6) is 0 Å². The molecule has 4 heteroatoms. The summed E-state index contributed by atoms with van der Waals surface area (Å²) in [4.78, 5) is 11.9. The van der Waals surface area contributed by atoms with Crippen LogP contribution in [0.2, 0.25) is 0 Å². The van der Waals surface area contributed by atoms with Crippen molar-refractivity contribution in [3.63, 3.8) is 0 Å². The summed E-state index contributed by atoms with van der Waals surface area (Å²) in [5.41, 5.74) is 3.73. The zero-order chi connectivity index (χ0) is 15.6. The largest absolute Gasteiger partial charge is 0.444 e. The fraction of sp³-hybridized carbons (Fsp3) is 0.471. The second kappa shape index (κ2) is 5.90. The molecule has 0 fully saturated rings. The van der Waals surface area contributed by atoms with Crippen molar-refractivity contribution < 1.29 is 14.3 Å². The van der Waals surface area contributed by atoms with E-state index in [9.17, 15) is 4.79 Å². The highest BCUT2D eigenvalue weighted by Gasteiger charge is 2.25. The quantitative estimate of drug-likeness (QED) is 0.900. The molecule has 0 saturated heterocycles. The van der Waals surface area contributed by atoms with E-state index in [0.29, 0.717) is 13.2 Å². The van der Waals surface area contributed by atoms with E-state index in [2.05, 4.69) is 18.0 Å². The second-order valence-electron chi connectivity index (χ2n) is 6.41. The number of alkyl carbamates (subject to hydrolysis) is 1. The van der Waals surface area contributed by atoms with Gasteiger partial charge in [-0.25, -0.2) is 4.79 Å². The number of rotatable bonds is 2. The normalized spacial score (nSPS) is 17.8. The number of nitrogens with one attached hydrogen (secondary N) is 1. The lowest BCUT2D eigenvalue weighted by Crippen LogP contribution is -2.38. The number of carbonyl (C=O) groups excluding carboxylic acids is 1. The van der Waals surface area contributed by atoms with Gasteiger partial charge in [0, 0.05) is 0 Å². The predicted octanol–water partition coefficient (Wildman–Crippen LogP) is 3.82. The topological polar surface area (TPSA) is 47.6 Å². The summed E-state index contributed by atoms with van der Waals surface area (Å²) in [5, 5.41) is 2.88. The molecule has 0 aromatic heterocycles. The predicted molar refractivity (Wildman–Crippen MR) is 82.9 cm³/mol. The van der Waals surface area contributed by atoms with Crippen molar-refractivity contribution in [3.8, 4) is 0 Å². The van der Waals surface area contributed by atoms with Gasteiger partial charge in [0.15, 0.2) is 0 Å².